The van der Waals surface area contributed by atoms with E-state index in [1.165, 1.54) is 224 Å². The zero-order valence-electron chi connectivity index (χ0n) is 52.2. The average molecular weight is 1130 g/mol. The normalized spacial score (nSPS) is 17.8. The molecule has 4 aliphatic heterocycles. The molecule has 0 aromatic heterocycles. The summed E-state index contributed by atoms with van der Waals surface area (Å²) >= 11 is 11.9. The van der Waals surface area contributed by atoms with Crippen LogP contribution in [0.5, 0.6) is 0 Å². The van der Waals surface area contributed by atoms with Gasteiger partial charge in [0.1, 0.15) is 0 Å². The molecule has 0 aliphatic carbocycles. The zero-order chi connectivity index (χ0) is 57.5. The highest BCUT2D eigenvalue weighted by atomic mass is 35.5. The van der Waals surface area contributed by atoms with Gasteiger partial charge in [-0.2, -0.15) is 0 Å². The van der Waals surface area contributed by atoms with Gasteiger partial charge in [-0.15, -0.1) is 0 Å². The number of rotatable bonds is 20. The van der Waals surface area contributed by atoms with Gasteiger partial charge in [0.25, 0.3) is 0 Å². The van der Waals surface area contributed by atoms with E-state index in [1.54, 1.807) is 0 Å². The molecule has 0 amide bonds. The van der Waals surface area contributed by atoms with Gasteiger partial charge in [-0.1, -0.05) is 179 Å². The first-order valence-corrected chi connectivity index (χ1v) is 32.5. The van der Waals surface area contributed by atoms with Crippen LogP contribution in [0.25, 0.3) is 0 Å². The van der Waals surface area contributed by atoms with Gasteiger partial charge in [0, 0.05) is 34.2 Å². The first kappa shape index (κ1) is 67.1. The van der Waals surface area contributed by atoms with Crippen molar-refractivity contribution in [3.63, 3.8) is 0 Å². The van der Waals surface area contributed by atoms with Gasteiger partial charge in [-0.05, 0) is 271 Å². The molecule has 0 saturated carbocycles. The van der Waals surface area contributed by atoms with Gasteiger partial charge < -0.3 is 0 Å². The zero-order valence-corrected chi connectivity index (χ0v) is 53.7. The molecule has 4 aromatic rings. The molecule has 4 aromatic carbocycles. The van der Waals surface area contributed by atoms with E-state index >= 15 is 0 Å². The molecule has 0 N–H and O–H groups in total. The van der Waals surface area contributed by atoms with Crippen molar-refractivity contribution in [2.75, 3.05) is 52.4 Å². The minimum absolute atomic E-state index is 0.593. The fourth-order valence-electron chi connectivity index (χ4n) is 12.1. The Bertz CT molecular complexity index is 2030. The summed E-state index contributed by atoms with van der Waals surface area (Å²) in [6.45, 7) is 32.2. The van der Waals surface area contributed by atoms with E-state index in [-0.39, 0.29) is 0 Å². The summed E-state index contributed by atoms with van der Waals surface area (Å²) in [5, 5.41) is 1.65. The molecule has 4 atom stereocenters. The third-order valence-corrected chi connectivity index (χ3v) is 17.0. The molecule has 4 heterocycles. The van der Waals surface area contributed by atoms with Crippen molar-refractivity contribution >= 4 is 23.2 Å². The van der Waals surface area contributed by atoms with E-state index < -0.39 is 0 Å². The molecule has 8 rings (SSSR count). The molecule has 6 heteroatoms. The molecule has 0 spiro atoms. The Labute approximate surface area is 501 Å². The predicted molar refractivity (Wildman–Crippen MR) is 353 cm³/mol. The lowest BCUT2D eigenvalue weighted by atomic mass is 9.99. The van der Waals surface area contributed by atoms with E-state index in [4.69, 9.17) is 23.2 Å². The van der Waals surface area contributed by atoms with Crippen molar-refractivity contribution in [1.29, 1.82) is 0 Å². The number of aryl methyl sites for hydroxylation is 6. The van der Waals surface area contributed by atoms with E-state index in [0.717, 1.165) is 22.9 Å². The Morgan fingerprint density at radius 2 is 0.500 bits per heavy atom. The summed E-state index contributed by atoms with van der Waals surface area (Å²) in [6.07, 6.45) is 35.9. The van der Waals surface area contributed by atoms with Gasteiger partial charge in [0.15, 0.2) is 0 Å². The second-order valence-electron chi connectivity index (χ2n) is 25.0. The maximum atomic E-state index is 5.95. The quantitative estimate of drug-likeness (QED) is 0.0818. The molecule has 80 heavy (non-hydrogen) atoms. The fraction of sp³-hybridized carbons (Fsp3) is 0.568. The topological polar surface area (TPSA) is 13.0 Å². The maximum absolute atomic E-state index is 5.95. The molecule has 4 saturated heterocycles. The number of nitrogens with zero attached hydrogens (tertiary/aromatic N) is 4. The number of likely N-dealkylation sites (tertiary alicyclic amines) is 4. The van der Waals surface area contributed by atoms with Crippen LogP contribution in [0.1, 0.15) is 192 Å². The van der Waals surface area contributed by atoms with Crippen molar-refractivity contribution in [2.45, 2.75) is 222 Å². The minimum atomic E-state index is 0.593. The lowest BCUT2D eigenvalue weighted by molar-refractivity contribution is 0.183. The summed E-state index contributed by atoms with van der Waals surface area (Å²) in [7, 11) is 0. The Morgan fingerprint density at radius 1 is 0.312 bits per heavy atom. The lowest BCUT2D eigenvalue weighted by Gasteiger charge is -2.33. The molecule has 4 fully saturated rings. The number of benzene rings is 4. The Kier molecular flexibility index (Phi) is 32.0. The second-order valence-corrected chi connectivity index (χ2v) is 25.9. The standard InChI is InChI=1S/2C19H29N.2C18H26ClN/c2*1-16(2)15-19(20-13-5-4-6-14-20)12-11-18-9-7-17(3)8-10-18;2*1-15(2)14-18(20-12-4-3-5-13-20)11-8-16-6-9-17(19)10-7-16/h2*7-10,15,19H,4-6,11-14H2,1-3H3;2*6-7,9-10,14,18H,3-5,8,11-13H2,1-2H3. The molecule has 4 unspecified atom stereocenters. The van der Waals surface area contributed by atoms with Crippen LogP contribution in [0.15, 0.2) is 144 Å². The van der Waals surface area contributed by atoms with Gasteiger partial charge in [-0.25, -0.2) is 0 Å². The minimum Gasteiger partial charge on any atom is -0.297 e. The third-order valence-electron chi connectivity index (χ3n) is 16.5. The lowest BCUT2D eigenvalue weighted by Crippen LogP contribution is -2.38. The first-order chi connectivity index (χ1) is 38.6. The molecule has 4 nitrogen and oxygen atoms in total. The summed E-state index contributed by atoms with van der Waals surface area (Å²) < 4.78 is 0. The van der Waals surface area contributed by atoms with Crippen molar-refractivity contribution in [1.82, 2.24) is 19.6 Å². The Morgan fingerprint density at radius 3 is 0.688 bits per heavy atom. The van der Waals surface area contributed by atoms with E-state index in [9.17, 15) is 0 Å². The van der Waals surface area contributed by atoms with Gasteiger partial charge in [0.05, 0.1) is 0 Å². The molecular formula is C74H110Cl2N4. The molecular weight excluding hydrogens is 1020 g/mol. The monoisotopic (exact) mass is 1120 g/mol. The predicted octanol–water partition coefficient (Wildman–Crippen LogP) is 19.7. The van der Waals surface area contributed by atoms with E-state index in [1.807, 2.05) is 24.3 Å². The van der Waals surface area contributed by atoms with Crippen molar-refractivity contribution < 1.29 is 0 Å². The van der Waals surface area contributed by atoms with E-state index in [2.05, 4.69) is 186 Å². The smallest absolute Gasteiger partial charge is 0.0406 e. The van der Waals surface area contributed by atoms with Crippen molar-refractivity contribution in [3.05, 3.63) is 187 Å². The number of piperidine rings is 4. The maximum Gasteiger partial charge on any atom is 0.0406 e. The van der Waals surface area contributed by atoms with Crippen molar-refractivity contribution in [3.8, 4) is 0 Å². The Hall–Kier alpha value is -3.74. The van der Waals surface area contributed by atoms with Crippen LogP contribution in [0.2, 0.25) is 10.0 Å². The average Bonchev–Trinajstić information content (AvgIpc) is 3.46. The first-order valence-electron chi connectivity index (χ1n) is 31.8. The molecule has 0 bridgehead atoms. The van der Waals surface area contributed by atoms with E-state index in [0.29, 0.717) is 24.2 Å². The molecule has 4 aliphatic rings. The molecule has 440 valence electrons. The fourth-order valence-corrected chi connectivity index (χ4v) is 12.3. The summed E-state index contributed by atoms with van der Waals surface area (Å²) in [5.74, 6) is 0. The summed E-state index contributed by atoms with van der Waals surface area (Å²) in [5.41, 5.74) is 14.2. The van der Waals surface area contributed by atoms with Crippen LogP contribution in [-0.2, 0) is 25.7 Å². The largest absolute Gasteiger partial charge is 0.297 e. The second kappa shape index (κ2) is 38.2. The number of allylic oxidation sites excluding steroid dienone is 4. The highest BCUT2D eigenvalue weighted by Crippen LogP contribution is 2.24. The van der Waals surface area contributed by atoms with Crippen LogP contribution in [0.4, 0.5) is 0 Å². The van der Waals surface area contributed by atoms with Gasteiger partial charge >= 0.3 is 0 Å². The summed E-state index contributed by atoms with van der Waals surface area (Å²) in [4.78, 5) is 10.7. The highest BCUT2D eigenvalue weighted by Gasteiger charge is 2.22. The SMILES string of the molecule is CC(C)=CC(CCc1ccc(C)cc1)N1CCCCC1.CC(C)=CC(CCc1ccc(C)cc1)N1CCCCC1.CC(C)=CC(CCc1ccc(Cl)cc1)N1CCCCC1.CC(C)=CC(CCc1ccc(Cl)cc1)N1CCCCC1. The van der Waals surface area contributed by atoms with Crippen LogP contribution < -0.4 is 0 Å². The number of hydrogen-bond acceptors (Lipinski definition) is 4. The van der Waals surface area contributed by atoms with Gasteiger partial charge in [-0.3, -0.25) is 19.6 Å². The number of hydrogen-bond donors (Lipinski definition) is 0. The van der Waals surface area contributed by atoms with Crippen LogP contribution >= 0.6 is 23.2 Å². The van der Waals surface area contributed by atoms with Crippen LogP contribution in [0, 0.1) is 13.8 Å². The van der Waals surface area contributed by atoms with Crippen LogP contribution in [0.3, 0.4) is 0 Å². The third kappa shape index (κ3) is 27.6. The highest BCUT2D eigenvalue weighted by molar-refractivity contribution is 6.30. The van der Waals surface area contributed by atoms with Crippen molar-refractivity contribution in [2.24, 2.45) is 0 Å². The molecule has 0 radical (unpaired) electrons. The number of halogens is 2. The van der Waals surface area contributed by atoms with Crippen LogP contribution in [-0.4, -0.2) is 96.1 Å². The Balaban J connectivity index is 0.000000196. The van der Waals surface area contributed by atoms with Gasteiger partial charge in [0.2, 0.25) is 0 Å². The summed E-state index contributed by atoms with van der Waals surface area (Å²) in [6, 6.07) is 37.1.